The molecule has 0 amide bonds. The summed E-state index contributed by atoms with van der Waals surface area (Å²) >= 11 is 5.85. The van der Waals surface area contributed by atoms with Crippen LogP contribution in [-0.4, -0.2) is 35.6 Å². The zero-order chi connectivity index (χ0) is 24.6. The van der Waals surface area contributed by atoms with Gasteiger partial charge in [0.05, 0.1) is 17.3 Å². The smallest absolute Gasteiger partial charge is 0.258 e. The van der Waals surface area contributed by atoms with Gasteiger partial charge in [-0.15, -0.1) is 0 Å². The Labute approximate surface area is 207 Å². The van der Waals surface area contributed by atoms with Gasteiger partial charge in [0.25, 0.3) is 12.0 Å². The summed E-state index contributed by atoms with van der Waals surface area (Å²) in [5.74, 6) is 0.487. The van der Waals surface area contributed by atoms with E-state index in [0.29, 0.717) is 30.4 Å². The predicted octanol–water partition coefficient (Wildman–Crippen LogP) is 4.36. The molecule has 9 heteroatoms. The Bertz CT molecular complexity index is 1230. The molecule has 0 fully saturated rings. The number of ether oxygens (including phenoxy) is 1. The number of alkyl halides is 2. The van der Waals surface area contributed by atoms with E-state index in [1.165, 1.54) is 11.6 Å². The van der Waals surface area contributed by atoms with Crippen molar-refractivity contribution in [2.45, 2.75) is 32.4 Å². The van der Waals surface area contributed by atoms with Gasteiger partial charge >= 0.3 is 0 Å². The first-order chi connectivity index (χ1) is 17.0. The van der Waals surface area contributed by atoms with Gasteiger partial charge in [-0.05, 0) is 53.8 Å². The van der Waals surface area contributed by atoms with Crippen LogP contribution in [0, 0.1) is 0 Å². The normalized spacial score (nSPS) is 13.0. The van der Waals surface area contributed by atoms with Gasteiger partial charge in [0, 0.05) is 43.8 Å². The first-order valence-electron chi connectivity index (χ1n) is 11.5. The van der Waals surface area contributed by atoms with E-state index >= 15 is 0 Å². The minimum atomic E-state index is -2.33. The molecular weight excluding hydrogens is 474 g/mol. The molecule has 3 aromatic rings. The van der Waals surface area contributed by atoms with E-state index in [0.717, 1.165) is 35.4 Å². The van der Waals surface area contributed by atoms with Crippen LogP contribution >= 0.6 is 11.6 Å². The van der Waals surface area contributed by atoms with Crippen molar-refractivity contribution in [1.82, 2.24) is 20.2 Å². The summed E-state index contributed by atoms with van der Waals surface area (Å²) in [6.07, 6.45) is 4.60. The lowest BCUT2D eigenvalue weighted by molar-refractivity contribution is 0.146. The highest BCUT2D eigenvalue weighted by atomic mass is 35.5. The molecule has 2 N–H and O–H groups in total. The number of allylic oxidation sites excluding steroid dienone is 1. The molecule has 2 heterocycles. The molecule has 0 saturated carbocycles. The number of nitrogens with zero attached hydrogens (tertiary/aromatic N) is 2. The summed E-state index contributed by atoms with van der Waals surface area (Å²) in [4.78, 5) is 16.9. The summed E-state index contributed by atoms with van der Waals surface area (Å²) in [7, 11) is 0. The van der Waals surface area contributed by atoms with Crippen LogP contribution in [-0.2, 0) is 19.6 Å². The average Bonchev–Trinajstić information content (AvgIpc) is 2.85. The molecule has 0 bridgehead atoms. The number of halogens is 3. The number of nitrogens with one attached hydrogen (secondary N) is 2. The van der Waals surface area contributed by atoms with Crippen molar-refractivity contribution in [2.75, 3.05) is 19.6 Å². The number of pyridine rings is 2. The van der Waals surface area contributed by atoms with Crippen molar-refractivity contribution < 1.29 is 13.5 Å². The standard InChI is InChI=1S/C26H27ClF2N4O2/c27-21-4-5-22(32-15-21)17-35-24-7-10-33(26(34)13-24)23-6-3-19-11-18(1-2-20(19)12-23)14-30-8-9-31-16-25(28)29/h1-2,4-5,7,10-13,15,25,30-31H,3,6,8-9,14,16-17H2. The molecule has 1 aliphatic carbocycles. The highest BCUT2D eigenvalue weighted by Crippen LogP contribution is 2.27. The number of fused-ring (bicyclic) bond motifs is 1. The Morgan fingerprint density at radius 1 is 1.09 bits per heavy atom. The van der Waals surface area contributed by atoms with E-state index in [-0.39, 0.29) is 18.7 Å². The number of hydrogen-bond acceptors (Lipinski definition) is 5. The van der Waals surface area contributed by atoms with Gasteiger partial charge in [0.1, 0.15) is 12.4 Å². The highest BCUT2D eigenvalue weighted by Gasteiger charge is 2.14. The molecule has 0 saturated heterocycles. The lowest BCUT2D eigenvalue weighted by Gasteiger charge is -2.19. The molecule has 6 nitrogen and oxygen atoms in total. The fourth-order valence-electron chi connectivity index (χ4n) is 3.89. The molecule has 1 aliphatic rings. The van der Waals surface area contributed by atoms with Crippen LogP contribution in [0.1, 0.15) is 28.8 Å². The molecule has 1 aromatic carbocycles. The third-order valence-electron chi connectivity index (χ3n) is 5.66. The minimum absolute atomic E-state index is 0.150. The van der Waals surface area contributed by atoms with Crippen molar-refractivity contribution in [2.24, 2.45) is 0 Å². The van der Waals surface area contributed by atoms with Gasteiger partial charge in [-0.1, -0.05) is 29.8 Å². The lowest BCUT2D eigenvalue weighted by atomic mass is 9.93. The van der Waals surface area contributed by atoms with Crippen LogP contribution < -0.4 is 20.9 Å². The lowest BCUT2D eigenvalue weighted by Crippen LogP contribution is -2.30. The Balaban J connectivity index is 1.34. The van der Waals surface area contributed by atoms with Crippen molar-refractivity contribution in [3.63, 3.8) is 0 Å². The van der Waals surface area contributed by atoms with Crippen LogP contribution in [0.2, 0.25) is 5.02 Å². The molecule has 0 radical (unpaired) electrons. The van der Waals surface area contributed by atoms with E-state index in [4.69, 9.17) is 16.3 Å². The molecule has 0 atom stereocenters. The van der Waals surface area contributed by atoms with Crippen LogP contribution in [0.15, 0.2) is 59.7 Å². The second-order valence-corrected chi connectivity index (χ2v) is 8.70. The number of rotatable bonds is 11. The average molecular weight is 501 g/mol. The Kier molecular flexibility index (Phi) is 8.63. The van der Waals surface area contributed by atoms with Gasteiger partial charge in [-0.25, -0.2) is 8.78 Å². The van der Waals surface area contributed by atoms with Gasteiger partial charge in [0.15, 0.2) is 0 Å². The monoisotopic (exact) mass is 500 g/mol. The van der Waals surface area contributed by atoms with Gasteiger partial charge < -0.3 is 15.4 Å². The van der Waals surface area contributed by atoms with Crippen molar-refractivity contribution in [1.29, 1.82) is 0 Å². The number of benzene rings is 1. The summed E-state index contributed by atoms with van der Waals surface area (Å²) in [5, 5.41) is 6.52. The van der Waals surface area contributed by atoms with E-state index in [9.17, 15) is 13.6 Å². The second kappa shape index (κ2) is 12.1. The molecule has 35 heavy (non-hydrogen) atoms. The fourth-order valence-corrected chi connectivity index (χ4v) is 4.00. The molecule has 0 spiro atoms. The zero-order valence-corrected chi connectivity index (χ0v) is 19.9. The predicted molar refractivity (Wildman–Crippen MR) is 134 cm³/mol. The quantitative estimate of drug-likeness (QED) is 0.383. The Morgan fingerprint density at radius 3 is 2.71 bits per heavy atom. The van der Waals surface area contributed by atoms with E-state index in [2.05, 4.69) is 27.8 Å². The maximum absolute atomic E-state index is 12.7. The van der Waals surface area contributed by atoms with E-state index in [1.54, 1.807) is 35.2 Å². The van der Waals surface area contributed by atoms with Crippen LogP contribution in [0.5, 0.6) is 5.75 Å². The van der Waals surface area contributed by atoms with Crippen LogP contribution in [0.25, 0.3) is 11.8 Å². The Hall–Kier alpha value is -3.07. The zero-order valence-electron chi connectivity index (χ0n) is 19.1. The van der Waals surface area contributed by atoms with Gasteiger partial charge in [-0.2, -0.15) is 0 Å². The molecule has 184 valence electrons. The Morgan fingerprint density at radius 2 is 1.94 bits per heavy atom. The largest absolute Gasteiger partial charge is 0.487 e. The summed E-state index contributed by atoms with van der Waals surface area (Å²) in [6, 6.07) is 13.0. The molecule has 2 aromatic heterocycles. The molecule has 0 aliphatic heterocycles. The fraction of sp³-hybridized carbons (Fsp3) is 0.308. The topological polar surface area (TPSA) is 68.2 Å². The number of aryl methyl sites for hydroxylation is 1. The number of hydrogen-bond donors (Lipinski definition) is 2. The first-order valence-corrected chi connectivity index (χ1v) is 11.8. The second-order valence-electron chi connectivity index (χ2n) is 8.27. The number of aromatic nitrogens is 2. The minimum Gasteiger partial charge on any atom is -0.487 e. The van der Waals surface area contributed by atoms with Crippen LogP contribution in [0.3, 0.4) is 0 Å². The highest BCUT2D eigenvalue weighted by molar-refractivity contribution is 6.30. The third-order valence-corrected chi connectivity index (χ3v) is 5.89. The third kappa shape index (κ3) is 7.21. The van der Waals surface area contributed by atoms with E-state index < -0.39 is 6.43 Å². The maximum Gasteiger partial charge on any atom is 0.258 e. The first kappa shape index (κ1) is 25.0. The summed E-state index contributed by atoms with van der Waals surface area (Å²) < 4.78 is 31.6. The van der Waals surface area contributed by atoms with Crippen molar-refractivity contribution >= 4 is 23.4 Å². The van der Waals surface area contributed by atoms with Gasteiger partial charge in [0.2, 0.25) is 0 Å². The summed E-state index contributed by atoms with van der Waals surface area (Å²) in [6.45, 7) is 1.76. The SMILES string of the molecule is O=c1cc(OCc2ccc(Cl)cn2)ccn1C1=Cc2ccc(CNCCNCC(F)F)cc2CC1. The summed E-state index contributed by atoms with van der Waals surface area (Å²) in [5.41, 5.74) is 4.97. The molecule has 0 unspecified atom stereocenters. The van der Waals surface area contributed by atoms with E-state index in [1.807, 2.05) is 12.1 Å². The van der Waals surface area contributed by atoms with Gasteiger partial charge in [-0.3, -0.25) is 14.3 Å². The van der Waals surface area contributed by atoms with Crippen molar-refractivity contribution in [3.05, 3.63) is 92.6 Å². The molecular formula is C26H27ClF2N4O2. The molecule has 4 rings (SSSR count). The maximum atomic E-state index is 12.7. The van der Waals surface area contributed by atoms with Crippen LogP contribution in [0.4, 0.5) is 8.78 Å². The van der Waals surface area contributed by atoms with Crippen molar-refractivity contribution in [3.8, 4) is 5.75 Å².